The normalized spacial score (nSPS) is 11.6. The van der Waals surface area contributed by atoms with Gasteiger partial charge in [0.25, 0.3) is 0 Å². The molecule has 2 rings (SSSR count). The predicted octanol–water partition coefficient (Wildman–Crippen LogP) is 2.73. The third kappa shape index (κ3) is 3.41. The average Bonchev–Trinajstić information content (AvgIpc) is 2.79. The van der Waals surface area contributed by atoms with Gasteiger partial charge in [0, 0.05) is 5.41 Å². The first-order valence-corrected chi connectivity index (χ1v) is 6.30. The molecular formula is C12H16ClN5O. The van der Waals surface area contributed by atoms with Crippen LogP contribution in [0.25, 0.3) is 0 Å². The van der Waals surface area contributed by atoms with Gasteiger partial charge in [-0.2, -0.15) is 4.98 Å². The van der Waals surface area contributed by atoms with Gasteiger partial charge in [0.1, 0.15) is 16.7 Å². The van der Waals surface area contributed by atoms with Crippen LogP contribution in [-0.2, 0) is 12.0 Å². The molecule has 2 aromatic heterocycles. The second-order valence-corrected chi connectivity index (χ2v) is 5.64. The summed E-state index contributed by atoms with van der Waals surface area (Å²) < 4.78 is 5.17. The third-order valence-corrected chi connectivity index (χ3v) is 2.69. The Balaban J connectivity index is 2.06. The Morgan fingerprint density at radius 2 is 2.05 bits per heavy atom. The van der Waals surface area contributed by atoms with Gasteiger partial charge >= 0.3 is 0 Å². The van der Waals surface area contributed by atoms with Crippen molar-refractivity contribution in [1.29, 1.82) is 0 Å². The van der Waals surface area contributed by atoms with Crippen LogP contribution in [0.1, 0.15) is 38.3 Å². The van der Waals surface area contributed by atoms with Crippen molar-refractivity contribution in [2.45, 2.75) is 39.7 Å². The maximum absolute atomic E-state index is 5.99. The summed E-state index contributed by atoms with van der Waals surface area (Å²) in [6.07, 6.45) is 1.56. The number of rotatable bonds is 3. The maximum Gasteiger partial charge on any atom is 0.246 e. The van der Waals surface area contributed by atoms with Crippen molar-refractivity contribution in [1.82, 2.24) is 20.1 Å². The lowest BCUT2D eigenvalue weighted by Crippen LogP contribution is -2.13. The first kappa shape index (κ1) is 13.7. The number of nitrogens with zero attached hydrogens (tertiary/aromatic N) is 4. The molecule has 2 aromatic rings. The molecular weight excluding hydrogens is 266 g/mol. The average molecular weight is 282 g/mol. The second-order valence-electron chi connectivity index (χ2n) is 5.23. The molecule has 0 saturated heterocycles. The highest BCUT2D eigenvalue weighted by atomic mass is 35.5. The number of anilines is 1. The van der Waals surface area contributed by atoms with E-state index in [-0.39, 0.29) is 5.41 Å². The third-order valence-electron chi connectivity index (χ3n) is 2.41. The van der Waals surface area contributed by atoms with Crippen LogP contribution in [0, 0.1) is 6.92 Å². The minimum atomic E-state index is -0.134. The van der Waals surface area contributed by atoms with Gasteiger partial charge in [-0.15, -0.1) is 0 Å². The molecule has 2 heterocycles. The quantitative estimate of drug-likeness (QED) is 0.932. The van der Waals surface area contributed by atoms with E-state index in [2.05, 4.69) is 25.4 Å². The molecule has 0 aliphatic heterocycles. The van der Waals surface area contributed by atoms with Gasteiger partial charge in [-0.1, -0.05) is 37.5 Å². The van der Waals surface area contributed by atoms with Crippen molar-refractivity contribution < 1.29 is 4.52 Å². The summed E-state index contributed by atoms with van der Waals surface area (Å²) in [7, 11) is 0. The SMILES string of the molecule is Cc1ncc(Cl)c(NCc2nc(C(C)(C)C)no2)n1. The van der Waals surface area contributed by atoms with Gasteiger partial charge in [0.05, 0.1) is 12.7 Å². The Hall–Kier alpha value is -1.69. The molecule has 0 aliphatic rings. The highest BCUT2D eigenvalue weighted by molar-refractivity contribution is 6.32. The number of halogens is 1. The molecule has 0 spiro atoms. The number of hydrogen-bond donors (Lipinski definition) is 1. The van der Waals surface area contributed by atoms with Gasteiger partial charge in [-0.05, 0) is 6.92 Å². The van der Waals surface area contributed by atoms with Gasteiger partial charge < -0.3 is 9.84 Å². The van der Waals surface area contributed by atoms with Crippen molar-refractivity contribution in [3.8, 4) is 0 Å². The van der Waals surface area contributed by atoms with Crippen LogP contribution in [0.2, 0.25) is 5.02 Å². The van der Waals surface area contributed by atoms with Crippen LogP contribution in [0.3, 0.4) is 0 Å². The summed E-state index contributed by atoms with van der Waals surface area (Å²) in [5.41, 5.74) is -0.134. The van der Waals surface area contributed by atoms with E-state index < -0.39 is 0 Å². The molecule has 19 heavy (non-hydrogen) atoms. The van der Waals surface area contributed by atoms with E-state index in [1.807, 2.05) is 20.8 Å². The number of aromatic nitrogens is 4. The highest BCUT2D eigenvalue weighted by Gasteiger charge is 2.20. The molecule has 0 saturated carbocycles. The van der Waals surface area contributed by atoms with E-state index in [0.29, 0.717) is 34.9 Å². The second kappa shape index (κ2) is 5.13. The largest absolute Gasteiger partial charge is 0.360 e. The van der Waals surface area contributed by atoms with Gasteiger partial charge in [0.2, 0.25) is 5.89 Å². The van der Waals surface area contributed by atoms with E-state index in [0.717, 1.165) is 0 Å². The molecule has 0 radical (unpaired) electrons. The first-order chi connectivity index (χ1) is 8.86. The smallest absolute Gasteiger partial charge is 0.246 e. The van der Waals surface area contributed by atoms with E-state index in [1.54, 1.807) is 13.1 Å². The molecule has 1 N–H and O–H groups in total. The summed E-state index contributed by atoms with van der Waals surface area (Å²) in [4.78, 5) is 12.5. The monoisotopic (exact) mass is 281 g/mol. The van der Waals surface area contributed by atoms with E-state index >= 15 is 0 Å². The van der Waals surface area contributed by atoms with Gasteiger partial charge in [-0.25, -0.2) is 9.97 Å². The Morgan fingerprint density at radius 1 is 1.32 bits per heavy atom. The summed E-state index contributed by atoms with van der Waals surface area (Å²) >= 11 is 5.99. The minimum Gasteiger partial charge on any atom is -0.360 e. The zero-order chi connectivity index (χ0) is 14.0. The zero-order valence-corrected chi connectivity index (χ0v) is 12.1. The highest BCUT2D eigenvalue weighted by Crippen LogP contribution is 2.20. The van der Waals surface area contributed by atoms with Gasteiger partial charge in [-0.3, -0.25) is 0 Å². The lowest BCUT2D eigenvalue weighted by molar-refractivity contribution is 0.367. The summed E-state index contributed by atoms with van der Waals surface area (Å²) in [5.74, 6) is 2.38. The molecule has 0 bridgehead atoms. The predicted molar refractivity (Wildman–Crippen MR) is 72.1 cm³/mol. The van der Waals surface area contributed by atoms with E-state index in [9.17, 15) is 0 Å². The molecule has 7 heteroatoms. The fourth-order valence-electron chi connectivity index (χ4n) is 1.37. The number of aryl methyl sites for hydroxylation is 1. The minimum absolute atomic E-state index is 0.134. The summed E-state index contributed by atoms with van der Waals surface area (Å²) in [6.45, 7) is 8.25. The standard InChI is InChI=1S/C12H16ClN5O/c1-7-14-5-8(13)10(16-7)15-6-9-17-11(18-19-9)12(2,3)4/h5H,6H2,1-4H3,(H,14,15,16). The van der Waals surface area contributed by atoms with Crippen LogP contribution in [0.5, 0.6) is 0 Å². The van der Waals surface area contributed by atoms with Crippen LogP contribution < -0.4 is 5.32 Å². The first-order valence-electron chi connectivity index (χ1n) is 5.92. The van der Waals surface area contributed by atoms with E-state index in [1.165, 1.54) is 0 Å². The van der Waals surface area contributed by atoms with Crippen molar-refractivity contribution >= 4 is 17.4 Å². The van der Waals surface area contributed by atoms with Crippen LogP contribution in [0.15, 0.2) is 10.7 Å². The molecule has 0 amide bonds. The van der Waals surface area contributed by atoms with Crippen molar-refractivity contribution in [3.63, 3.8) is 0 Å². The fourth-order valence-corrected chi connectivity index (χ4v) is 1.53. The summed E-state index contributed by atoms with van der Waals surface area (Å²) in [5, 5.41) is 7.46. The topological polar surface area (TPSA) is 76.7 Å². The zero-order valence-electron chi connectivity index (χ0n) is 11.4. The van der Waals surface area contributed by atoms with Crippen molar-refractivity contribution in [2.24, 2.45) is 0 Å². The Bertz CT molecular complexity index is 576. The lowest BCUT2D eigenvalue weighted by atomic mass is 9.96. The lowest BCUT2D eigenvalue weighted by Gasteiger charge is -2.10. The molecule has 0 aromatic carbocycles. The van der Waals surface area contributed by atoms with Crippen LogP contribution in [0.4, 0.5) is 5.82 Å². The van der Waals surface area contributed by atoms with Crippen molar-refractivity contribution in [2.75, 3.05) is 5.32 Å². The Labute approximate surface area is 116 Å². The molecule has 102 valence electrons. The number of nitrogens with one attached hydrogen (secondary N) is 1. The summed E-state index contributed by atoms with van der Waals surface area (Å²) in [6, 6.07) is 0. The Morgan fingerprint density at radius 3 is 2.68 bits per heavy atom. The van der Waals surface area contributed by atoms with Gasteiger partial charge in [0.15, 0.2) is 5.82 Å². The molecule has 0 unspecified atom stereocenters. The van der Waals surface area contributed by atoms with Crippen molar-refractivity contribution in [3.05, 3.63) is 28.8 Å². The number of hydrogen-bond acceptors (Lipinski definition) is 6. The van der Waals surface area contributed by atoms with E-state index in [4.69, 9.17) is 16.1 Å². The molecule has 0 atom stereocenters. The molecule has 6 nitrogen and oxygen atoms in total. The fraction of sp³-hybridized carbons (Fsp3) is 0.500. The van der Waals surface area contributed by atoms with Crippen LogP contribution in [-0.4, -0.2) is 20.1 Å². The van der Waals surface area contributed by atoms with Crippen LogP contribution >= 0.6 is 11.6 Å². The molecule has 0 fully saturated rings. The Kier molecular flexibility index (Phi) is 3.71. The maximum atomic E-state index is 5.99. The molecule has 0 aliphatic carbocycles.